The molecule has 0 aliphatic rings. The van der Waals surface area contributed by atoms with Gasteiger partial charge in [-0.1, -0.05) is 23.8 Å². The van der Waals surface area contributed by atoms with E-state index in [1.807, 2.05) is 6.92 Å². The zero-order valence-electron chi connectivity index (χ0n) is 12.0. The molecule has 0 fully saturated rings. The molecule has 3 rings (SSSR count). The van der Waals surface area contributed by atoms with Crippen LogP contribution in [0.4, 0.5) is 5.82 Å². The molecular formula is C13H14N6O2S. The summed E-state index contributed by atoms with van der Waals surface area (Å²) >= 11 is 1.36. The Hall–Kier alpha value is -2.42. The van der Waals surface area contributed by atoms with Gasteiger partial charge in [0.25, 0.3) is 0 Å². The monoisotopic (exact) mass is 318 g/mol. The predicted molar refractivity (Wildman–Crippen MR) is 81.5 cm³/mol. The van der Waals surface area contributed by atoms with Crippen LogP contribution in [0.15, 0.2) is 28.3 Å². The molecule has 3 aromatic heterocycles. The minimum absolute atomic E-state index is 0.146. The molecule has 0 aromatic carbocycles. The molecule has 3 heterocycles. The number of hydrogen-bond acceptors (Lipinski definition) is 7. The minimum Gasteiger partial charge on any atom is -0.360 e. The molecule has 22 heavy (non-hydrogen) atoms. The SMILES string of the molecule is CC[C@H](Sc1ncnc2nc[nH]c12)C(=O)Nc1cc(C)on1. The average molecular weight is 318 g/mol. The molecular weight excluding hydrogens is 304 g/mol. The molecule has 0 unspecified atom stereocenters. The van der Waals surface area contributed by atoms with Crippen molar-refractivity contribution in [2.24, 2.45) is 0 Å². The third-order valence-corrected chi connectivity index (χ3v) is 4.35. The summed E-state index contributed by atoms with van der Waals surface area (Å²) in [6, 6.07) is 1.67. The summed E-state index contributed by atoms with van der Waals surface area (Å²) in [5.74, 6) is 0.911. The van der Waals surface area contributed by atoms with Crippen LogP contribution < -0.4 is 5.32 Å². The van der Waals surface area contributed by atoms with E-state index in [9.17, 15) is 4.79 Å². The van der Waals surface area contributed by atoms with Gasteiger partial charge in [0.2, 0.25) is 5.91 Å². The molecule has 0 aliphatic heterocycles. The summed E-state index contributed by atoms with van der Waals surface area (Å²) in [4.78, 5) is 27.7. The number of amides is 1. The molecule has 2 N–H and O–H groups in total. The Morgan fingerprint density at radius 1 is 1.45 bits per heavy atom. The van der Waals surface area contributed by atoms with E-state index in [-0.39, 0.29) is 11.2 Å². The van der Waals surface area contributed by atoms with Gasteiger partial charge in [-0.05, 0) is 13.3 Å². The number of thioether (sulfide) groups is 1. The van der Waals surface area contributed by atoms with Crippen molar-refractivity contribution in [3.8, 4) is 0 Å². The van der Waals surface area contributed by atoms with Gasteiger partial charge in [-0.25, -0.2) is 15.0 Å². The number of fused-ring (bicyclic) bond motifs is 1. The van der Waals surface area contributed by atoms with Crippen LogP contribution in [-0.2, 0) is 4.79 Å². The van der Waals surface area contributed by atoms with Gasteiger partial charge < -0.3 is 14.8 Å². The number of aromatic amines is 1. The number of nitrogens with zero attached hydrogens (tertiary/aromatic N) is 4. The number of imidazole rings is 1. The second-order valence-electron chi connectivity index (χ2n) is 4.61. The Bertz CT molecular complexity index is 799. The highest BCUT2D eigenvalue weighted by atomic mass is 32.2. The smallest absolute Gasteiger partial charge is 0.239 e. The Balaban J connectivity index is 1.76. The van der Waals surface area contributed by atoms with Gasteiger partial charge in [-0.15, -0.1) is 0 Å². The van der Waals surface area contributed by atoms with Gasteiger partial charge >= 0.3 is 0 Å². The molecule has 1 atom stereocenters. The van der Waals surface area contributed by atoms with Crippen molar-refractivity contribution in [1.29, 1.82) is 0 Å². The van der Waals surface area contributed by atoms with Gasteiger partial charge in [-0.2, -0.15) is 0 Å². The molecule has 0 saturated heterocycles. The number of H-pyrrole nitrogens is 1. The number of nitrogens with one attached hydrogen (secondary N) is 2. The summed E-state index contributed by atoms with van der Waals surface area (Å²) in [7, 11) is 0. The maximum atomic E-state index is 12.3. The molecule has 0 spiro atoms. The first-order chi connectivity index (χ1) is 10.7. The van der Waals surface area contributed by atoms with Gasteiger partial charge in [0.05, 0.1) is 11.6 Å². The minimum atomic E-state index is -0.307. The fraction of sp³-hybridized carbons (Fsp3) is 0.308. The maximum Gasteiger partial charge on any atom is 0.239 e. The third-order valence-electron chi connectivity index (χ3n) is 2.98. The van der Waals surface area contributed by atoms with E-state index in [0.29, 0.717) is 28.7 Å². The largest absolute Gasteiger partial charge is 0.360 e. The normalized spacial score (nSPS) is 12.5. The molecule has 1 amide bonds. The molecule has 3 aromatic rings. The van der Waals surface area contributed by atoms with E-state index >= 15 is 0 Å². The summed E-state index contributed by atoms with van der Waals surface area (Å²) < 4.78 is 4.94. The molecule has 0 bridgehead atoms. The van der Waals surface area contributed by atoms with E-state index in [2.05, 4.69) is 30.4 Å². The number of hydrogen-bond donors (Lipinski definition) is 2. The van der Waals surface area contributed by atoms with Crippen molar-refractivity contribution < 1.29 is 9.32 Å². The molecule has 114 valence electrons. The van der Waals surface area contributed by atoms with Crippen LogP contribution in [0.3, 0.4) is 0 Å². The second-order valence-corrected chi connectivity index (χ2v) is 5.80. The molecule has 9 heteroatoms. The lowest BCUT2D eigenvalue weighted by Gasteiger charge is -2.12. The lowest BCUT2D eigenvalue weighted by Crippen LogP contribution is -2.24. The van der Waals surface area contributed by atoms with Crippen molar-refractivity contribution in [2.45, 2.75) is 30.5 Å². The highest BCUT2D eigenvalue weighted by Gasteiger charge is 2.21. The maximum absolute atomic E-state index is 12.3. The Labute approximate surface area is 130 Å². The highest BCUT2D eigenvalue weighted by molar-refractivity contribution is 8.00. The molecule has 0 saturated carbocycles. The standard InChI is InChI=1S/C13H14N6O2S/c1-3-8(12(20)18-9-4-7(2)21-19-9)22-13-10-11(15-5-14-10)16-6-17-13/h4-6,8H,3H2,1-2H3,(H,18,19,20)(H,14,15,16,17)/t8-/m0/s1. The van der Waals surface area contributed by atoms with E-state index in [1.54, 1.807) is 19.3 Å². The molecule has 8 nitrogen and oxygen atoms in total. The lowest BCUT2D eigenvalue weighted by atomic mass is 10.3. The van der Waals surface area contributed by atoms with Crippen LogP contribution in [0.5, 0.6) is 0 Å². The first kappa shape index (κ1) is 14.5. The lowest BCUT2D eigenvalue weighted by molar-refractivity contribution is -0.115. The van der Waals surface area contributed by atoms with Gasteiger partial charge in [0, 0.05) is 6.07 Å². The van der Waals surface area contributed by atoms with Crippen LogP contribution >= 0.6 is 11.8 Å². The number of aryl methyl sites for hydroxylation is 1. The van der Waals surface area contributed by atoms with Crippen LogP contribution in [-0.4, -0.2) is 36.2 Å². The number of anilines is 1. The van der Waals surface area contributed by atoms with Crippen molar-refractivity contribution in [3.63, 3.8) is 0 Å². The third kappa shape index (κ3) is 2.93. The number of carbonyl (C=O) groups excluding carboxylic acids is 1. The number of carbonyl (C=O) groups is 1. The number of rotatable bonds is 5. The Kier molecular flexibility index (Phi) is 4.05. The molecule has 0 aliphatic carbocycles. The van der Waals surface area contributed by atoms with Gasteiger partial charge in [0.15, 0.2) is 11.5 Å². The van der Waals surface area contributed by atoms with E-state index < -0.39 is 0 Å². The quantitative estimate of drug-likeness (QED) is 0.548. The Morgan fingerprint density at radius 2 is 2.32 bits per heavy atom. The zero-order chi connectivity index (χ0) is 15.5. The summed E-state index contributed by atoms with van der Waals surface area (Å²) in [5.41, 5.74) is 1.32. The number of aromatic nitrogens is 5. The first-order valence-corrected chi connectivity index (χ1v) is 7.60. The first-order valence-electron chi connectivity index (χ1n) is 6.72. The van der Waals surface area contributed by atoms with Crippen LogP contribution in [0.2, 0.25) is 0 Å². The van der Waals surface area contributed by atoms with Crippen molar-refractivity contribution in [1.82, 2.24) is 25.1 Å². The predicted octanol–water partition coefficient (Wildman–Crippen LogP) is 2.16. The van der Waals surface area contributed by atoms with Crippen molar-refractivity contribution in [2.75, 3.05) is 5.32 Å². The van der Waals surface area contributed by atoms with Crippen molar-refractivity contribution in [3.05, 3.63) is 24.5 Å². The summed E-state index contributed by atoms with van der Waals surface area (Å²) in [5, 5.41) is 6.89. The van der Waals surface area contributed by atoms with Crippen LogP contribution in [0, 0.1) is 6.92 Å². The summed E-state index contributed by atoms with van der Waals surface area (Å²) in [6.07, 6.45) is 3.65. The van der Waals surface area contributed by atoms with E-state index in [0.717, 1.165) is 5.52 Å². The van der Waals surface area contributed by atoms with Crippen molar-refractivity contribution >= 4 is 34.7 Å². The fourth-order valence-corrected chi connectivity index (χ4v) is 2.90. The van der Waals surface area contributed by atoms with Gasteiger partial charge in [0.1, 0.15) is 22.6 Å². The molecule has 0 radical (unpaired) electrons. The topological polar surface area (TPSA) is 110 Å². The average Bonchev–Trinajstić information content (AvgIpc) is 3.13. The fourth-order valence-electron chi connectivity index (χ4n) is 1.92. The zero-order valence-corrected chi connectivity index (χ0v) is 12.8. The second kappa shape index (κ2) is 6.14. The summed E-state index contributed by atoms with van der Waals surface area (Å²) in [6.45, 7) is 3.71. The highest BCUT2D eigenvalue weighted by Crippen LogP contribution is 2.28. The van der Waals surface area contributed by atoms with E-state index in [4.69, 9.17) is 4.52 Å². The van der Waals surface area contributed by atoms with Crippen LogP contribution in [0.1, 0.15) is 19.1 Å². The van der Waals surface area contributed by atoms with Gasteiger partial charge in [-0.3, -0.25) is 4.79 Å². The Morgan fingerprint density at radius 3 is 3.05 bits per heavy atom. The van der Waals surface area contributed by atoms with Crippen LogP contribution in [0.25, 0.3) is 11.2 Å². The van der Waals surface area contributed by atoms with E-state index in [1.165, 1.54) is 18.1 Å².